The van der Waals surface area contributed by atoms with E-state index in [0.717, 1.165) is 38.9 Å². The lowest BCUT2D eigenvalue weighted by molar-refractivity contribution is -0.127. The SMILES string of the molecule is Br.CCN1CC(C(=O)NCCCn2ccnc2)C[C@@H]2c3cccc4c3c(cn4C(C)C)C[C@H]21. The first-order chi connectivity index (χ1) is 15.6. The number of fused-ring (bicyclic) bond motifs is 2. The molecule has 1 aliphatic carbocycles. The Morgan fingerprint density at radius 3 is 2.88 bits per heavy atom. The number of rotatable bonds is 7. The second-order valence-electron chi connectivity index (χ2n) is 9.74. The first-order valence-electron chi connectivity index (χ1n) is 12.2. The molecular weight excluding hydrogens is 478 g/mol. The predicted molar refractivity (Wildman–Crippen MR) is 138 cm³/mol. The zero-order valence-corrected chi connectivity index (χ0v) is 21.6. The van der Waals surface area contributed by atoms with E-state index >= 15 is 0 Å². The van der Waals surface area contributed by atoms with E-state index in [-0.39, 0.29) is 28.8 Å². The maximum Gasteiger partial charge on any atom is 0.224 e. The van der Waals surface area contributed by atoms with Crippen molar-refractivity contribution in [1.82, 2.24) is 24.3 Å². The molecule has 1 aromatic carbocycles. The Labute approximate surface area is 207 Å². The Hall–Kier alpha value is -2.12. The van der Waals surface area contributed by atoms with Crippen LogP contribution in [0.25, 0.3) is 10.9 Å². The number of aryl methyl sites for hydroxylation is 1. The van der Waals surface area contributed by atoms with E-state index in [9.17, 15) is 4.79 Å². The van der Waals surface area contributed by atoms with Crippen LogP contribution in [0.2, 0.25) is 0 Å². The van der Waals surface area contributed by atoms with Gasteiger partial charge in [0.1, 0.15) is 0 Å². The normalized spacial score (nSPS) is 22.2. The van der Waals surface area contributed by atoms with Gasteiger partial charge in [0.05, 0.1) is 12.2 Å². The molecule has 0 radical (unpaired) electrons. The number of nitrogens with zero attached hydrogens (tertiary/aromatic N) is 4. The molecule has 1 unspecified atom stereocenters. The number of piperidine rings is 1. The largest absolute Gasteiger partial charge is 0.356 e. The van der Waals surface area contributed by atoms with Crippen LogP contribution in [-0.4, -0.2) is 50.6 Å². The van der Waals surface area contributed by atoms with Gasteiger partial charge in [0.2, 0.25) is 5.91 Å². The number of benzene rings is 1. The van der Waals surface area contributed by atoms with Crippen LogP contribution >= 0.6 is 17.0 Å². The maximum absolute atomic E-state index is 13.1. The summed E-state index contributed by atoms with van der Waals surface area (Å²) in [7, 11) is 0. The number of aromatic nitrogens is 3. The van der Waals surface area contributed by atoms with Crippen molar-refractivity contribution in [3.05, 3.63) is 54.2 Å². The van der Waals surface area contributed by atoms with E-state index in [4.69, 9.17) is 0 Å². The van der Waals surface area contributed by atoms with Crippen molar-refractivity contribution < 1.29 is 4.79 Å². The van der Waals surface area contributed by atoms with Gasteiger partial charge in [-0.3, -0.25) is 9.69 Å². The molecule has 178 valence electrons. The van der Waals surface area contributed by atoms with Crippen molar-refractivity contribution in [2.45, 2.75) is 64.6 Å². The lowest BCUT2D eigenvalue weighted by Gasteiger charge is -2.46. The second kappa shape index (κ2) is 10.0. The van der Waals surface area contributed by atoms with Gasteiger partial charge in [0.15, 0.2) is 0 Å². The van der Waals surface area contributed by atoms with Crippen LogP contribution in [0.3, 0.4) is 0 Å². The number of hydrogen-bond donors (Lipinski definition) is 1. The zero-order chi connectivity index (χ0) is 22.2. The highest BCUT2D eigenvalue weighted by molar-refractivity contribution is 8.93. The van der Waals surface area contributed by atoms with Gasteiger partial charge in [-0.2, -0.15) is 0 Å². The van der Waals surface area contributed by atoms with Crippen molar-refractivity contribution in [3.63, 3.8) is 0 Å². The zero-order valence-electron chi connectivity index (χ0n) is 19.9. The van der Waals surface area contributed by atoms with Gasteiger partial charge in [0, 0.05) is 67.1 Å². The van der Waals surface area contributed by atoms with E-state index in [1.807, 2.05) is 12.5 Å². The Morgan fingerprint density at radius 2 is 2.15 bits per heavy atom. The first kappa shape index (κ1) is 24.0. The van der Waals surface area contributed by atoms with Crippen molar-refractivity contribution >= 4 is 33.8 Å². The summed E-state index contributed by atoms with van der Waals surface area (Å²) in [5, 5.41) is 4.66. The molecule has 3 heterocycles. The number of likely N-dealkylation sites (tertiary alicyclic amines) is 1. The highest BCUT2D eigenvalue weighted by Crippen LogP contribution is 2.45. The Morgan fingerprint density at radius 1 is 1.30 bits per heavy atom. The third-order valence-electron chi connectivity index (χ3n) is 7.51. The molecule has 0 saturated carbocycles. The van der Waals surface area contributed by atoms with Crippen LogP contribution in [0.15, 0.2) is 43.1 Å². The summed E-state index contributed by atoms with van der Waals surface area (Å²) in [6.45, 7) is 10.2. The summed E-state index contributed by atoms with van der Waals surface area (Å²) in [4.78, 5) is 19.7. The maximum atomic E-state index is 13.1. The molecule has 5 rings (SSSR count). The number of likely N-dealkylation sites (N-methyl/N-ethyl adjacent to an activating group) is 1. The fraction of sp³-hybridized carbons (Fsp3) is 0.538. The molecule has 2 aliphatic rings. The molecule has 7 heteroatoms. The van der Waals surface area contributed by atoms with E-state index in [0.29, 0.717) is 24.5 Å². The van der Waals surface area contributed by atoms with Crippen molar-refractivity contribution in [1.29, 1.82) is 0 Å². The van der Waals surface area contributed by atoms with Crippen LogP contribution in [-0.2, 0) is 17.8 Å². The molecule has 0 spiro atoms. The van der Waals surface area contributed by atoms with Crippen molar-refractivity contribution in [3.8, 4) is 0 Å². The summed E-state index contributed by atoms with van der Waals surface area (Å²) in [5.74, 6) is 0.684. The second-order valence-corrected chi connectivity index (χ2v) is 9.74. The van der Waals surface area contributed by atoms with Crippen LogP contribution in [0.4, 0.5) is 0 Å². The van der Waals surface area contributed by atoms with E-state index < -0.39 is 0 Å². The molecule has 6 nitrogen and oxygen atoms in total. The number of hydrogen-bond acceptors (Lipinski definition) is 3. The number of carbonyl (C=O) groups excluding carboxylic acids is 1. The number of nitrogens with one attached hydrogen (secondary N) is 1. The molecular formula is C26H36BrN5O. The summed E-state index contributed by atoms with van der Waals surface area (Å²) in [6.07, 6.45) is 10.9. The lowest BCUT2D eigenvalue weighted by atomic mass is 9.72. The molecule has 1 aliphatic heterocycles. The third kappa shape index (κ3) is 4.50. The monoisotopic (exact) mass is 513 g/mol. The minimum atomic E-state index is 0. The molecule has 1 fully saturated rings. The van der Waals surface area contributed by atoms with E-state index in [1.54, 1.807) is 6.20 Å². The Bertz CT molecular complexity index is 1090. The minimum absolute atomic E-state index is 0. The van der Waals surface area contributed by atoms with Crippen LogP contribution in [0, 0.1) is 5.92 Å². The quantitative estimate of drug-likeness (QED) is 0.471. The van der Waals surface area contributed by atoms with Crippen LogP contribution < -0.4 is 5.32 Å². The summed E-state index contributed by atoms with van der Waals surface area (Å²) in [6, 6.07) is 7.72. The van der Waals surface area contributed by atoms with E-state index in [2.05, 4.69) is 69.5 Å². The number of halogens is 1. The highest BCUT2D eigenvalue weighted by Gasteiger charge is 2.42. The van der Waals surface area contributed by atoms with Crippen LogP contribution in [0.1, 0.15) is 56.7 Å². The molecule has 3 aromatic rings. The smallest absolute Gasteiger partial charge is 0.224 e. The van der Waals surface area contributed by atoms with Gasteiger partial charge in [-0.1, -0.05) is 19.1 Å². The average molecular weight is 515 g/mol. The Kier molecular flexibility index (Phi) is 7.29. The molecule has 0 bridgehead atoms. The number of imidazole rings is 1. The predicted octanol–water partition coefficient (Wildman–Crippen LogP) is 4.55. The average Bonchev–Trinajstić information content (AvgIpc) is 3.45. The minimum Gasteiger partial charge on any atom is -0.356 e. The topological polar surface area (TPSA) is 55.1 Å². The van der Waals surface area contributed by atoms with Crippen molar-refractivity contribution in [2.24, 2.45) is 5.92 Å². The molecule has 1 amide bonds. The highest BCUT2D eigenvalue weighted by atomic mass is 79.9. The van der Waals surface area contributed by atoms with E-state index in [1.165, 1.54) is 22.0 Å². The summed E-state index contributed by atoms with van der Waals surface area (Å²) >= 11 is 0. The summed E-state index contributed by atoms with van der Waals surface area (Å²) < 4.78 is 4.48. The lowest BCUT2D eigenvalue weighted by Crippen LogP contribution is -2.53. The van der Waals surface area contributed by atoms with Gasteiger partial charge in [0.25, 0.3) is 0 Å². The standard InChI is InChI=1S/C26H35N5O.BrH/c1-4-30-15-20(26(32)28-9-6-11-29-12-10-27-17-29)13-22-21-7-5-8-23-25(21)19(14-24(22)30)16-31(23)18(2)3;/h5,7-8,10,12,16-18,20,22,24H,4,6,9,11,13-15H2,1-3H3,(H,28,32);1H/t20?,22-,24-;/m1./s1. The van der Waals surface area contributed by atoms with Gasteiger partial charge in [-0.15, -0.1) is 17.0 Å². The van der Waals surface area contributed by atoms with Gasteiger partial charge < -0.3 is 14.5 Å². The molecule has 1 saturated heterocycles. The number of amides is 1. The molecule has 2 aromatic heterocycles. The number of carbonyl (C=O) groups is 1. The van der Waals surface area contributed by atoms with Crippen molar-refractivity contribution in [2.75, 3.05) is 19.6 Å². The molecule has 33 heavy (non-hydrogen) atoms. The fourth-order valence-corrected chi connectivity index (χ4v) is 5.95. The first-order valence-corrected chi connectivity index (χ1v) is 12.2. The van der Waals surface area contributed by atoms with Gasteiger partial charge in [-0.05, 0) is 56.8 Å². The third-order valence-corrected chi connectivity index (χ3v) is 7.51. The molecule has 3 atom stereocenters. The molecule has 1 N–H and O–H groups in total. The summed E-state index contributed by atoms with van der Waals surface area (Å²) in [5.41, 5.74) is 4.27. The van der Waals surface area contributed by atoms with Crippen LogP contribution in [0.5, 0.6) is 0 Å². The fourth-order valence-electron chi connectivity index (χ4n) is 5.95. The van der Waals surface area contributed by atoms with Gasteiger partial charge in [-0.25, -0.2) is 4.98 Å². The Balaban J connectivity index is 0.00000259. The van der Waals surface area contributed by atoms with Gasteiger partial charge >= 0.3 is 0 Å².